The van der Waals surface area contributed by atoms with Gasteiger partial charge in [0.05, 0.1) is 12.8 Å². The van der Waals surface area contributed by atoms with E-state index in [1.54, 1.807) is 11.0 Å². The summed E-state index contributed by atoms with van der Waals surface area (Å²) in [4.78, 5) is 43.8. The number of amides is 1. The standard InChI is InChI=1S/C37H51N3O4/c1-5-8-14-30-26-32-27-31(36(42)40-24-12-15-33(40)37(43)44-4)20-25-39(32)34(30)35(41)29-18-16-28(17-19-29)13-11-23-38(21-9-6-2)22-10-7-3/h16-20,25-27,33H,5-15,21-24H2,1-4H3. The normalized spacial score (nSPS) is 14.9. The van der Waals surface area contributed by atoms with Crippen LogP contribution in [0.15, 0.2) is 48.7 Å². The van der Waals surface area contributed by atoms with Gasteiger partial charge >= 0.3 is 5.97 Å². The van der Waals surface area contributed by atoms with Crippen LogP contribution in [0.25, 0.3) is 5.52 Å². The number of ether oxygens (including phenoxy) is 1. The second-order valence-corrected chi connectivity index (χ2v) is 12.2. The van der Waals surface area contributed by atoms with Crippen molar-refractivity contribution in [2.75, 3.05) is 33.3 Å². The van der Waals surface area contributed by atoms with E-state index in [0.717, 1.165) is 56.1 Å². The highest BCUT2D eigenvalue weighted by Crippen LogP contribution is 2.26. The van der Waals surface area contributed by atoms with Crippen molar-refractivity contribution in [3.05, 3.63) is 76.6 Å². The molecule has 1 fully saturated rings. The molecule has 0 bridgehead atoms. The van der Waals surface area contributed by atoms with E-state index < -0.39 is 6.04 Å². The zero-order valence-corrected chi connectivity index (χ0v) is 27.3. The number of aryl methyl sites for hydroxylation is 2. The Labute approximate surface area is 263 Å². The predicted octanol–water partition coefficient (Wildman–Crippen LogP) is 7.13. The number of pyridine rings is 1. The number of methoxy groups -OCH3 is 1. The summed E-state index contributed by atoms with van der Waals surface area (Å²) in [7, 11) is 1.36. The number of benzene rings is 1. The fourth-order valence-electron chi connectivity index (χ4n) is 6.30. The van der Waals surface area contributed by atoms with Crippen molar-refractivity contribution in [2.45, 2.75) is 97.4 Å². The predicted molar refractivity (Wildman–Crippen MR) is 177 cm³/mol. The van der Waals surface area contributed by atoms with Crippen LogP contribution in [0.3, 0.4) is 0 Å². The van der Waals surface area contributed by atoms with Crippen LogP contribution >= 0.6 is 0 Å². The van der Waals surface area contributed by atoms with Gasteiger partial charge in [-0.25, -0.2) is 4.79 Å². The van der Waals surface area contributed by atoms with Crippen LogP contribution in [0.2, 0.25) is 0 Å². The molecule has 2 aromatic heterocycles. The van der Waals surface area contributed by atoms with Crippen LogP contribution in [-0.2, 0) is 22.4 Å². The minimum atomic E-state index is -0.545. The molecule has 1 saturated heterocycles. The molecule has 3 heterocycles. The Morgan fingerprint density at radius 3 is 2.18 bits per heavy atom. The Morgan fingerprint density at radius 1 is 0.841 bits per heavy atom. The van der Waals surface area contributed by atoms with Gasteiger partial charge < -0.3 is 18.9 Å². The highest BCUT2D eigenvalue weighted by molar-refractivity contribution is 6.10. The van der Waals surface area contributed by atoms with E-state index in [4.69, 9.17) is 4.74 Å². The number of unbranched alkanes of at least 4 members (excludes halogenated alkanes) is 3. The molecule has 7 heteroatoms. The molecule has 0 aliphatic carbocycles. The van der Waals surface area contributed by atoms with Crippen molar-refractivity contribution in [1.29, 1.82) is 0 Å². The molecule has 1 amide bonds. The topological polar surface area (TPSA) is 71.3 Å². The zero-order valence-electron chi connectivity index (χ0n) is 27.3. The van der Waals surface area contributed by atoms with Gasteiger partial charge in [0, 0.05) is 29.4 Å². The Kier molecular flexibility index (Phi) is 12.6. The maximum Gasteiger partial charge on any atom is 0.328 e. The highest BCUT2D eigenvalue weighted by Gasteiger charge is 2.35. The summed E-state index contributed by atoms with van der Waals surface area (Å²) in [5.41, 5.74) is 4.92. The van der Waals surface area contributed by atoms with Gasteiger partial charge in [-0.1, -0.05) is 64.3 Å². The Bertz CT molecular complexity index is 1390. The number of fused-ring (bicyclic) bond motifs is 1. The number of rotatable bonds is 17. The molecule has 0 N–H and O–H groups in total. The first-order valence-electron chi connectivity index (χ1n) is 16.8. The summed E-state index contributed by atoms with van der Waals surface area (Å²) in [6.45, 7) is 10.6. The van der Waals surface area contributed by atoms with Crippen molar-refractivity contribution in [2.24, 2.45) is 0 Å². The monoisotopic (exact) mass is 601 g/mol. The van der Waals surface area contributed by atoms with E-state index in [-0.39, 0.29) is 17.7 Å². The third-order valence-electron chi connectivity index (χ3n) is 8.91. The van der Waals surface area contributed by atoms with Gasteiger partial charge in [-0.2, -0.15) is 0 Å². The smallest absolute Gasteiger partial charge is 0.328 e. The van der Waals surface area contributed by atoms with Crippen LogP contribution < -0.4 is 0 Å². The molecule has 1 aliphatic heterocycles. The van der Waals surface area contributed by atoms with E-state index in [2.05, 4.69) is 37.8 Å². The van der Waals surface area contributed by atoms with Gasteiger partial charge in [0.25, 0.3) is 5.91 Å². The van der Waals surface area contributed by atoms with Gasteiger partial charge in [0.1, 0.15) is 6.04 Å². The lowest BCUT2D eigenvalue weighted by atomic mass is 10.00. The molecule has 0 saturated carbocycles. The third kappa shape index (κ3) is 8.17. The van der Waals surface area contributed by atoms with Gasteiger partial charge in [-0.15, -0.1) is 0 Å². The number of likely N-dealkylation sites (tertiary alicyclic amines) is 1. The van der Waals surface area contributed by atoms with Crippen molar-refractivity contribution >= 4 is 23.2 Å². The molecule has 1 unspecified atom stereocenters. The van der Waals surface area contributed by atoms with Crippen LogP contribution in [0.5, 0.6) is 0 Å². The highest BCUT2D eigenvalue weighted by atomic mass is 16.5. The van der Waals surface area contributed by atoms with Gasteiger partial charge in [0.2, 0.25) is 5.78 Å². The average Bonchev–Trinajstić information content (AvgIpc) is 3.69. The van der Waals surface area contributed by atoms with Crippen LogP contribution in [0, 0.1) is 0 Å². The average molecular weight is 602 g/mol. The minimum absolute atomic E-state index is 0.00247. The first kappa shape index (κ1) is 33.4. The molecule has 1 aromatic carbocycles. The Hall–Kier alpha value is -3.45. The number of ketones is 1. The fourth-order valence-corrected chi connectivity index (χ4v) is 6.30. The maximum absolute atomic E-state index is 13.9. The minimum Gasteiger partial charge on any atom is -0.467 e. The molecular weight excluding hydrogens is 550 g/mol. The lowest BCUT2D eigenvalue weighted by molar-refractivity contribution is -0.145. The van der Waals surface area contributed by atoms with Crippen LogP contribution in [0.4, 0.5) is 0 Å². The largest absolute Gasteiger partial charge is 0.467 e. The number of hydrogen-bond donors (Lipinski definition) is 0. The molecule has 4 rings (SSSR count). The molecule has 44 heavy (non-hydrogen) atoms. The van der Waals surface area contributed by atoms with Gasteiger partial charge in [-0.3, -0.25) is 9.59 Å². The molecular formula is C37H51N3O4. The number of nitrogens with zero attached hydrogens (tertiary/aromatic N) is 3. The number of hydrogen-bond acceptors (Lipinski definition) is 5. The molecule has 0 radical (unpaired) electrons. The fraction of sp³-hybridized carbons (Fsp3) is 0.541. The third-order valence-corrected chi connectivity index (χ3v) is 8.91. The van der Waals surface area contributed by atoms with Crippen LogP contribution in [-0.4, -0.2) is 71.2 Å². The first-order chi connectivity index (χ1) is 21.4. The van der Waals surface area contributed by atoms with Crippen molar-refractivity contribution in [1.82, 2.24) is 14.2 Å². The summed E-state index contributed by atoms with van der Waals surface area (Å²) >= 11 is 0. The zero-order chi connectivity index (χ0) is 31.5. The summed E-state index contributed by atoms with van der Waals surface area (Å²) in [5, 5.41) is 0. The van der Waals surface area contributed by atoms with Crippen molar-refractivity contribution in [3.8, 4) is 0 Å². The van der Waals surface area contributed by atoms with E-state index in [1.807, 2.05) is 34.9 Å². The number of aromatic nitrogens is 1. The van der Waals surface area contributed by atoms with Gasteiger partial charge in [0.15, 0.2) is 0 Å². The first-order valence-corrected chi connectivity index (χ1v) is 16.8. The van der Waals surface area contributed by atoms with Crippen molar-refractivity contribution < 1.29 is 19.1 Å². The molecule has 7 nitrogen and oxygen atoms in total. The van der Waals surface area contributed by atoms with Crippen LogP contribution in [0.1, 0.15) is 116 Å². The molecule has 1 aliphatic rings. The molecule has 0 spiro atoms. The van der Waals surface area contributed by atoms with Crippen molar-refractivity contribution in [3.63, 3.8) is 0 Å². The van der Waals surface area contributed by atoms with E-state index in [1.165, 1.54) is 51.4 Å². The Morgan fingerprint density at radius 2 is 1.52 bits per heavy atom. The second kappa shape index (κ2) is 16.6. The summed E-state index contributed by atoms with van der Waals surface area (Å²) in [6.07, 6.45) is 13.1. The lowest BCUT2D eigenvalue weighted by Gasteiger charge is -2.22. The molecule has 1 atom stereocenters. The van der Waals surface area contributed by atoms with E-state index >= 15 is 0 Å². The summed E-state index contributed by atoms with van der Waals surface area (Å²) in [6, 6.07) is 13.2. The van der Waals surface area contributed by atoms with E-state index in [0.29, 0.717) is 29.8 Å². The SMILES string of the molecule is CCCCc1cc2cc(C(=O)N3CCCC3C(=O)OC)ccn2c1C(=O)c1ccc(CCCN(CCCC)CCCC)cc1. The van der Waals surface area contributed by atoms with E-state index in [9.17, 15) is 14.4 Å². The second-order valence-electron chi connectivity index (χ2n) is 12.2. The number of esters is 1. The molecule has 3 aromatic rings. The quantitative estimate of drug-likeness (QED) is 0.122. The number of carbonyl (C=O) groups is 3. The Balaban J connectivity index is 1.50. The maximum atomic E-state index is 13.9. The lowest BCUT2D eigenvalue weighted by Crippen LogP contribution is -2.41. The number of carbonyl (C=O) groups excluding carboxylic acids is 3. The van der Waals surface area contributed by atoms with Gasteiger partial charge in [-0.05, 0) is 100 Å². The molecule has 238 valence electrons. The summed E-state index contributed by atoms with van der Waals surface area (Å²) in [5.74, 6) is -0.558. The summed E-state index contributed by atoms with van der Waals surface area (Å²) < 4.78 is 6.85.